The van der Waals surface area contributed by atoms with E-state index in [9.17, 15) is 9.59 Å². The number of aromatic nitrogens is 1. The van der Waals surface area contributed by atoms with Crippen molar-refractivity contribution < 1.29 is 14.3 Å². The van der Waals surface area contributed by atoms with Crippen LogP contribution in [0.25, 0.3) is 0 Å². The van der Waals surface area contributed by atoms with E-state index in [0.29, 0.717) is 17.4 Å². The lowest BCUT2D eigenvalue weighted by Crippen LogP contribution is -2.36. The average Bonchev–Trinajstić information content (AvgIpc) is 3.18. The van der Waals surface area contributed by atoms with Crippen molar-refractivity contribution in [2.24, 2.45) is 0 Å². The van der Waals surface area contributed by atoms with Gasteiger partial charge in [0.15, 0.2) is 0 Å². The fraction of sp³-hybridized carbons (Fsp3) is 0.350. The predicted octanol–water partition coefficient (Wildman–Crippen LogP) is 3.76. The lowest BCUT2D eigenvalue weighted by atomic mass is 10.2. The molecule has 1 fully saturated rings. The number of carbonyl (C=O) groups is 2. The highest BCUT2D eigenvalue weighted by Crippen LogP contribution is 2.23. The number of amides is 2. The summed E-state index contributed by atoms with van der Waals surface area (Å²) in [6, 6.07) is 8.20. The van der Waals surface area contributed by atoms with Crippen LogP contribution in [0, 0.1) is 0 Å². The highest BCUT2D eigenvalue weighted by Gasteiger charge is 2.17. The number of carbonyl (C=O) groups excluding carboxylic acids is 2. The molecule has 1 saturated carbocycles. The Labute approximate surface area is 173 Å². The third kappa shape index (κ3) is 5.84. The minimum absolute atomic E-state index is 0.158. The maximum atomic E-state index is 12.1. The van der Waals surface area contributed by atoms with Crippen LogP contribution in [0.15, 0.2) is 36.5 Å². The summed E-state index contributed by atoms with van der Waals surface area (Å²) in [5.74, 6) is -0.175. The quantitative estimate of drug-likeness (QED) is 0.712. The topological polar surface area (TPSA) is 80.3 Å². The van der Waals surface area contributed by atoms with Gasteiger partial charge in [0.05, 0.1) is 17.1 Å². The Morgan fingerprint density at radius 2 is 1.89 bits per heavy atom. The smallest absolute Gasteiger partial charge is 0.253 e. The van der Waals surface area contributed by atoms with E-state index in [1.54, 1.807) is 12.3 Å². The van der Waals surface area contributed by atoms with Gasteiger partial charge in [0.25, 0.3) is 5.91 Å². The van der Waals surface area contributed by atoms with Crippen LogP contribution in [0.4, 0.5) is 0 Å². The number of ether oxygens (including phenoxy) is 1. The summed E-state index contributed by atoms with van der Waals surface area (Å²) in [5.41, 5.74) is 1.14. The molecule has 3 rings (SSSR count). The lowest BCUT2D eigenvalue weighted by Gasteiger charge is -2.13. The molecule has 2 aromatic rings. The number of benzene rings is 1. The van der Waals surface area contributed by atoms with Gasteiger partial charge in [-0.3, -0.25) is 9.59 Å². The Balaban J connectivity index is 1.45. The zero-order valence-electron chi connectivity index (χ0n) is 15.2. The molecule has 1 aromatic heterocycles. The molecule has 0 spiro atoms. The van der Waals surface area contributed by atoms with Gasteiger partial charge >= 0.3 is 0 Å². The second-order valence-electron chi connectivity index (χ2n) is 6.61. The number of nitrogens with one attached hydrogen (secondary N) is 2. The van der Waals surface area contributed by atoms with Gasteiger partial charge in [0.2, 0.25) is 11.8 Å². The van der Waals surface area contributed by atoms with Crippen molar-refractivity contribution in [2.45, 2.75) is 38.3 Å². The van der Waals surface area contributed by atoms with Gasteiger partial charge in [-0.05, 0) is 55.5 Å². The van der Waals surface area contributed by atoms with Crippen molar-refractivity contribution in [3.63, 3.8) is 0 Å². The van der Waals surface area contributed by atoms with E-state index < -0.39 is 5.91 Å². The molecule has 1 aromatic carbocycles. The number of nitrogens with zero attached hydrogens (tertiary/aromatic N) is 1. The second-order valence-corrected chi connectivity index (χ2v) is 7.45. The van der Waals surface area contributed by atoms with Gasteiger partial charge in [0.1, 0.15) is 6.10 Å². The van der Waals surface area contributed by atoms with Crippen molar-refractivity contribution in [2.75, 3.05) is 6.54 Å². The van der Waals surface area contributed by atoms with Crippen LogP contribution in [0.1, 0.15) is 41.6 Å². The van der Waals surface area contributed by atoms with Crippen LogP contribution in [-0.2, 0) is 11.3 Å². The van der Waals surface area contributed by atoms with Gasteiger partial charge in [-0.2, -0.15) is 0 Å². The first-order valence-corrected chi connectivity index (χ1v) is 9.88. The molecule has 0 aliphatic heterocycles. The van der Waals surface area contributed by atoms with Gasteiger partial charge < -0.3 is 15.4 Å². The van der Waals surface area contributed by atoms with E-state index in [2.05, 4.69) is 15.6 Å². The van der Waals surface area contributed by atoms with E-state index in [-0.39, 0.29) is 29.1 Å². The summed E-state index contributed by atoms with van der Waals surface area (Å²) in [5, 5.41) is 5.97. The predicted molar refractivity (Wildman–Crippen MR) is 108 cm³/mol. The lowest BCUT2D eigenvalue weighted by molar-refractivity contribution is -0.120. The van der Waals surface area contributed by atoms with Crippen LogP contribution in [0.3, 0.4) is 0 Å². The normalized spacial score (nSPS) is 13.9. The molecule has 148 valence electrons. The highest BCUT2D eigenvalue weighted by molar-refractivity contribution is 6.36. The minimum atomic E-state index is -0.437. The minimum Gasteiger partial charge on any atom is -0.474 e. The van der Waals surface area contributed by atoms with Crippen molar-refractivity contribution in [1.82, 2.24) is 15.6 Å². The summed E-state index contributed by atoms with van der Waals surface area (Å²) in [6.07, 6.45) is 6.38. The third-order valence-corrected chi connectivity index (χ3v) is 5.01. The molecule has 6 nitrogen and oxygen atoms in total. The molecule has 8 heteroatoms. The van der Waals surface area contributed by atoms with Crippen LogP contribution in [-0.4, -0.2) is 29.4 Å². The van der Waals surface area contributed by atoms with Crippen molar-refractivity contribution >= 4 is 35.0 Å². The molecule has 1 aliphatic carbocycles. The van der Waals surface area contributed by atoms with Crippen molar-refractivity contribution in [3.05, 3.63) is 57.7 Å². The van der Waals surface area contributed by atoms with E-state index in [1.165, 1.54) is 25.0 Å². The average molecular weight is 422 g/mol. The second kappa shape index (κ2) is 9.75. The Kier molecular flexibility index (Phi) is 7.12. The molecule has 28 heavy (non-hydrogen) atoms. The third-order valence-electron chi connectivity index (χ3n) is 4.46. The van der Waals surface area contributed by atoms with E-state index in [4.69, 9.17) is 27.9 Å². The van der Waals surface area contributed by atoms with Gasteiger partial charge in [-0.1, -0.05) is 23.2 Å². The molecule has 1 heterocycles. The Hall–Kier alpha value is -2.31. The Morgan fingerprint density at radius 1 is 1.11 bits per heavy atom. The fourth-order valence-electron chi connectivity index (χ4n) is 2.99. The maximum Gasteiger partial charge on any atom is 0.253 e. The molecule has 2 N–H and O–H groups in total. The molecule has 0 bridgehead atoms. The Morgan fingerprint density at radius 3 is 2.64 bits per heavy atom. The monoisotopic (exact) mass is 421 g/mol. The first kappa shape index (κ1) is 20.4. The molecule has 1 aliphatic rings. The molecule has 0 radical (unpaired) electrons. The first-order valence-electron chi connectivity index (χ1n) is 9.13. The summed E-state index contributed by atoms with van der Waals surface area (Å²) in [6.45, 7) is 0.161. The Bertz CT molecular complexity index is 854. The molecule has 0 unspecified atom stereocenters. The zero-order valence-corrected chi connectivity index (χ0v) is 16.7. The summed E-state index contributed by atoms with van der Waals surface area (Å²) >= 11 is 11.8. The molecule has 0 saturated heterocycles. The number of pyridine rings is 1. The number of hydrogen-bond acceptors (Lipinski definition) is 4. The molecular formula is C20H21Cl2N3O3. The highest BCUT2D eigenvalue weighted by atomic mass is 35.5. The number of rotatable bonds is 7. The van der Waals surface area contributed by atoms with Crippen molar-refractivity contribution in [3.8, 4) is 5.88 Å². The van der Waals surface area contributed by atoms with Crippen molar-refractivity contribution in [1.29, 1.82) is 0 Å². The summed E-state index contributed by atoms with van der Waals surface area (Å²) in [7, 11) is 0. The largest absolute Gasteiger partial charge is 0.474 e. The number of halogens is 2. The zero-order chi connectivity index (χ0) is 19.9. The molecule has 2 amide bonds. The summed E-state index contributed by atoms with van der Waals surface area (Å²) < 4.78 is 5.87. The van der Waals surface area contributed by atoms with Crippen LogP contribution in [0.2, 0.25) is 10.0 Å². The molecular weight excluding hydrogens is 401 g/mol. The van der Waals surface area contributed by atoms with Crippen LogP contribution < -0.4 is 15.4 Å². The van der Waals surface area contributed by atoms with E-state index in [1.807, 2.05) is 12.1 Å². The van der Waals surface area contributed by atoms with Crippen LogP contribution >= 0.6 is 23.2 Å². The standard InChI is InChI=1S/C20H21Cl2N3O3/c21-14-5-6-16(17(22)10-14)20(27)25-12-18(26)24-11-13-7-8-23-19(9-13)28-15-3-1-2-4-15/h5-10,15H,1-4,11-12H2,(H,24,26)(H,25,27). The maximum absolute atomic E-state index is 12.1. The van der Waals surface area contributed by atoms with E-state index >= 15 is 0 Å². The first-order chi connectivity index (χ1) is 13.5. The van der Waals surface area contributed by atoms with Gasteiger partial charge in [0, 0.05) is 23.8 Å². The summed E-state index contributed by atoms with van der Waals surface area (Å²) in [4.78, 5) is 28.4. The van der Waals surface area contributed by atoms with Gasteiger partial charge in [-0.25, -0.2) is 4.98 Å². The van der Waals surface area contributed by atoms with Crippen LogP contribution in [0.5, 0.6) is 5.88 Å². The molecule has 0 atom stereocenters. The van der Waals surface area contributed by atoms with Gasteiger partial charge in [-0.15, -0.1) is 0 Å². The SMILES string of the molecule is O=C(CNC(=O)c1ccc(Cl)cc1Cl)NCc1ccnc(OC2CCCC2)c1. The number of hydrogen-bond donors (Lipinski definition) is 2. The fourth-order valence-corrected chi connectivity index (χ4v) is 3.49. The van der Waals surface area contributed by atoms with E-state index in [0.717, 1.165) is 18.4 Å².